The zero-order chi connectivity index (χ0) is 21.3. The summed E-state index contributed by atoms with van der Waals surface area (Å²) < 4.78 is 27.2. The highest BCUT2D eigenvalue weighted by molar-refractivity contribution is 7.19. The molecule has 1 aromatic carbocycles. The molecule has 10 heteroatoms. The van der Waals surface area contributed by atoms with Gasteiger partial charge in [-0.15, -0.1) is 0 Å². The summed E-state index contributed by atoms with van der Waals surface area (Å²) in [5.41, 5.74) is 13.4. The summed E-state index contributed by atoms with van der Waals surface area (Å²) in [6.45, 7) is 1.51. The van der Waals surface area contributed by atoms with E-state index < -0.39 is 17.5 Å². The standard InChI is InChI=1S/C20H20F2N6OS/c21-11-3-4-13(14(22)8-11)20-27-17(18(24)30-20)19(29)26-15-9-25-6-5-16(15)28-7-1-2-12(23)10-28/h3-6,8-9,12H,1-2,7,10,23-24H2,(H,26,29). The minimum Gasteiger partial charge on any atom is -0.389 e. The highest BCUT2D eigenvalue weighted by Crippen LogP contribution is 2.33. The molecule has 3 heterocycles. The number of halogens is 2. The van der Waals surface area contributed by atoms with Gasteiger partial charge < -0.3 is 21.7 Å². The summed E-state index contributed by atoms with van der Waals surface area (Å²) >= 11 is 0.960. The number of thiazole rings is 1. The number of carbonyl (C=O) groups excluding carboxylic acids is 1. The molecule has 2 aromatic heterocycles. The molecule has 1 unspecified atom stereocenters. The van der Waals surface area contributed by atoms with Gasteiger partial charge in [0.05, 0.1) is 17.6 Å². The van der Waals surface area contributed by atoms with Crippen molar-refractivity contribution in [3.8, 4) is 10.6 Å². The third-order valence-electron chi connectivity index (χ3n) is 4.87. The summed E-state index contributed by atoms with van der Waals surface area (Å²) in [5.74, 6) is -2.00. The second kappa shape index (κ2) is 8.33. The molecule has 1 amide bonds. The summed E-state index contributed by atoms with van der Waals surface area (Å²) in [7, 11) is 0. The average Bonchev–Trinajstić information content (AvgIpc) is 3.10. The Kier molecular flexibility index (Phi) is 5.60. The fraction of sp³-hybridized carbons (Fsp3) is 0.250. The molecule has 0 aliphatic carbocycles. The number of amides is 1. The number of rotatable bonds is 4. The molecule has 1 aliphatic heterocycles. The number of pyridine rings is 1. The highest BCUT2D eigenvalue weighted by atomic mass is 32.1. The van der Waals surface area contributed by atoms with E-state index in [2.05, 4.69) is 20.2 Å². The number of aromatic nitrogens is 2. The van der Waals surface area contributed by atoms with Crippen molar-refractivity contribution in [2.45, 2.75) is 18.9 Å². The first-order chi connectivity index (χ1) is 14.4. The zero-order valence-corrected chi connectivity index (χ0v) is 16.8. The average molecular weight is 430 g/mol. The molecule has 5 N–H and O–H groups in total. The minimum atomic E-state index is -0.772. The number of nitrogens with two attached hydrogens (primary N) is 2. The maximum Gasteiger partial charge on any atom is 0.277 e. The fourth-order valence-corrected chi connectivity index (χ4v) is 4.30. The van der Waals surface area contributed by atoms with E-state index >= 15 is 0 Å². The molecule has 3 aromatic rings. The van der Waals surface area contributed by atoms with Crippen LogP contribution in [0.1, 0.15) is 23.3 Å². The maximum absolute atomic E-state index is 14.1. The van der Waals surface area contributed by atoms with Crippen LogP contribution in [0.4, 0.5) is 25.2 Å². The molecule has 0 radical (unpaired) electrons. The Bertz CT molecular complexity index is 1090. The molecule has 0 bridgehead atoms. The van der Waals surface area contributed by atoms with E-state index in [-0.39, 0.29) is 27.3 Å². The van der Waals surface area contributed by atoms with E-state index in [1.165, 1.54) is 6.07 Å². The molecule has 1 atom stereocenters. The Morgan fingerprint density at radius 2 is 2.13 bits per heavy atom. The van der Waals surface area contributed by atoms with Crippen LogP contribution in [0.2, 0.25) is 0 Å². The van der Waals surface area contributed by atoms with Crippen molar-refractivity contribution in [1.82, 2.24) is 9.97 Å². The van der Waals surface area contributed by atoms with Gasteiger partial charge in [0.25, 0.3) is 5.91 Å². The van der Waals surface area contributed by atoms with Crippen molar-refractivity contribution in [2.24, 2.45) is 5.73 Å². The van der Waals surface area contributed by atoms with Crippen LogP contribution in [0.3, 0.4) is 0 Å². The summed E-state index contributed by atoms with van der Waals surface area (Å²) in [4.78, 5) is 23.2. The molecular weight excluding hydrogens is 410 g/mol. The van der Waals surface area contributed by atoms with Crippen molar-refractivity contribution in [3.05, 3.63) is 54.0 Å². The third kappa shape index (κ3) is 4.10. The quantitative estimate of drug-likeness (QED) is 0.586. The Hall–Kier alpha value is -3.11. The zero-order valence-electron chi connectivity index (χ0n) is 15.9. The largest absolute Gasteiger partial charge is 0.389 e. The monoisotopic (exact) mass is 430 g/mol. The number of nitrogens with one attached hydrogen (secondary N) is 1. The van der Waals surface area contributed by atoms with Crippen molar-refractivity contribution in [1.29, 1.82) is 0 Å². The fourth-order valence-electron chi connectivity index (χ4n) is 3.44. The summed E-state index contributed by atoms with van der Waals surface area (Å²) in [6.07, 6.45) is 5.12. The molecule has 0 spiro atoms. The molecular formula is C20H20F2N6OS. The second-order valence-electron chi connectivity index (χ2n) is 7.05. The smallest absolute Gasteiger partial charge is 0.277 e. The molecule has 0 saturated carbocycles. The molecule has 4 rings (SSSR count). The van der Waals surface area contributed by atoms with E-state index in [1.807, 2.05) is 6.07 Å². The van der Waals surface area contributed by atoms with Crippen LogP contribution in [0.25, 0.3) is 10.6 Å². The second-order valence-corrected chi connectivity index (χ2v) is 8.08. The molecule has 1 fully saturated rings. The lowest BCUT2D eigenvalue weighted by atomic mass is 10.1. The number of hydrogen-bond donors (Lipinski definition) is 3. The SMILES string of the molecule is Nc1sc(-c2ccc(F)cc2F)nc1C(=O)Nc1cnccc1N1CCCC(N)C1. The van der Waals surface area contributed by atoms with E-state index in [0.717, 1.165) is 48.5 Å². The molecule has 30 heavy (non-hydrogen) atoms. The number of benzene rings is 1. The molecule has 1 saturated heterocycles. The van der Waals surface area contributed by atoms with Gasteiger partial charge in [-0.1, -0.05) is 11.3 Å². The van der Waals surface area contributed by atoms with Crippen LogP contribution in [0.15, 0.2) is 36.7 Å². The number of anilines is 3. The van der Waals surface area contributed by atoms with Gasteiger partial charge in [-0.05, 0) is 31.0 Å². The van der Waals surface area contributed by atoms with Gasteiger partial charge in [0, 0.05) is 37.0 Å². The highest BCUT2D eigenvalue weighted by Gasteiger charge is 2.23. The van der Waals surface area contributed by atoms with E-state index in [0.29, 0.717) is 12.2 Å². The van der Waals surface area contributed by atoms with E-state index in [9.17, 15) is 13.6 Å². The van der Waals surface area contributed by atoms with Gasteiger partial charge in [0.1, 0.15) is 21.6 Å². The van der Waals surface area contributed by atoms with Crippen molar-refractivity contribution >= 4 is 33.6 Å². The van der Waals surface area contributed by atoms with Gasteiger partial charge in [-0.3, -0.25) is 9.78 Å². The van der Waals surface area contributed by atoms with Gasteiger partial charge in [-0.2, -0.15) is 0 Å². The number of hydrogen-bond acceptors (Lipinski definition) is 7. The van der Waals surface area contributed by atoms with Gasteiger partial charge >= 0.3 is 0 Å². The predicted octanol–water partition coefficient (Wildman–Crippen LogP) is 3.25. The lowest BCUT2D eigenvalue weighted by molar-refractivity contribution is 0.102. The Morgan fingerprint density at radius 1 is 1.30 bits per heavy atom. The van der Waals surface area contributed by atoms with Crippen LogP contribution in [0, 0.1) is 11.6 Å². The first-order valence-corrected chi connectivity index (χ1v) is 10.2. The Balaban J connectivity index is 1.59. The van der Waals surface area contributed by atoms with Crippen LogP contribution in [-0.4, -0.2) is 35.0 Å². The van der Waals surface area contributed by atoms with Gasteiger partial charge in [0.2, 0.25) is 0 Å². The number of carbonyl (C=O) groups is 1. The Labute approximate surface area is 175 Å². The molecule has 7 nitrogen and oxygen atoms in total. The lowest BCUT2D eigenvalue weighted by Gasteiger charge is -2.33. The van der Waals surface area contributed by atoms with Crippen LogP contribution >= 0.6 is 11.3 Å². The van der Waals surface area contributed by atoms with Crippen molar-refractivity contribution < 1.29 is 13.6 Å². The van der Waals surface area contributed by atoms with Crippen LogP contribution in [-0.2, 0) is 0 Å². The number of nitrogen functional groups attached to an aromatic ring is 1. The van der Waals surface area contributed by atoms with Gasteiger partial charge in [0.15, 0.2) is 5.69 Å². The van der Waals surface area contributed by atoms with Crippen LogP contribution < -0.4 is 21.7 Å². The number of nitrogens with zero attached hydrogens (tertiary/aromatic N) is 3. The first kappa shape index (κ1) is 20.2. The summed E-state index contributed by atoms with van der Waals surface area (Å²) in [6, 6.07) is 5.04. The molecule has 156 valence electrons. The van der Waals surface area contributed by atoms with E-state index in [4.69, 9.17) is 11.5 Å². The summed E-state index contributed by atoms with van der Waals surface area (Å²) in [5, 5.41) is 3.13. The normalized spacial score (nSPS) is 16.5. The minimum absolute atomic E-state index is 0.0242. The maximum atomic E-state index is 14.1. The third-order valence-corrected chi connectivity index (χ3v) is 5.79. The lowest BCUT2D eigenvalue weighted by Crippen LogP contribution is -2.43. The van der Waals surface area contributed by atoms with Crippen molar-refractivity contribution in [2.75, 3.05) is 29.0 Å². The van der Waals surface area contributed by atoms with Gasteiger partial charge in [-0.25, -0.2) is 13.8 Å². The topological polar surface area (TPSA) is 110 Å². The first-order valence-electron chi connectivity index (χ1n) is 9.40. The molecule has 1 aliphatic rings. The Morgan fingerprint density at radius 3 is 2.90 bits per heavy atom. The van der Waals surface area contributed by atoms with Crippen LogP contribution in [0.5, 0.6) is 0 Å². The predicted molar refractivity (Wildman–Crippen MR) is 113 cm³/mol. The van der Waals surface area contributed by atoms with E-state index in [1.54, 1.807) is 12.4 Å². The number of piperidine rings is 1. The van der Waals surface area contributed by atoms with Crippen molar-refractivity contribution in [3.63, 3.8) is 0 Å².